The summed E-state index contributed by atoms with van der Waals surface area (Å²) in [6.45, 7) is 2.25. The lowest BCUT2D eigenvalue weighted by atomic mass is 10.1. The van der Waals surface area contributed by atoms with Crippen LogP contribution < -0.4 is 0 Å². The van der Waals surface area contributed by atoms with Crippen molar-refractivity contribution in [2.24, 2.45) is 0 Å². The predicted molar refractivity (Wildman–Crippen MR) is 90.1 cm³/mol. The van der Waals surface area contributed by atoms with E-state index in [1.165, 1.54) is 70.6 Å². The van der Waals surface area contributed by atoms with Crippen molar-refractivity contribution >= 4 is 11.6 Å². The summed E-state index contributed by atoms with van der Waals surface area (Å²) >= 11 is 5.65. The van der Waals surface area contributed by atoms with Gasteiger partial charge in [0.1, 0.15) is 0 Å². The van der Waals surface area contributed by atoms with E-state index >= 15 is 0 Å². The molecule has 0 spiro atoms. The van der Waals surface area contributed by atoms with E-state index in [0.717, 1.165) is 12.3 Å². The molecule has 0 aliphatic heterocycles. The fourth-order valence-corrected chi connectivity index (χ4v) is 2.27. The first-order valence-electron chi connectivity index (χ1n) is 8.27. The average Bonchev–Trinajstić information content (AvgIpc) is 2.43. The molecular formula is C18H33Cl. The van der Waals surface area contributed by atoms with Crippen molar-refractivity contribution in [3.8, 4) is 0 Å². The van der Waals surface area contributed by atoms with Crippen LogP contribution in [0.15, 0.2) is 24.3 Å². The molecule has 0 heterocycles. The molecule has 0 atom stereocenters. The van der Waals surface area contributed by atoms with Gasteiger partial charge in [-0.3, -0.25) is 0 Å². The first kappa shape index (κ1) is 18.8. The molecule has 0 aliphatic carbocycles. The third-order valence-corrected chi connectivity index (χ3v) is 3.60. The van der Waals surface area contributed by atoms with E-state index in [1.54, 1.807) is 0 Å². The molecule has 0 amide bonds. The van der Waals surface area contributed by atoms with E-state index in [9.17, 15) is 0 Å². The Bertz CT molecular complexity index is 206. The van der Waals surface area contributed by atoms with Crippen LogP contribution >= 0.6 is 11.6 Å². The molecule has 0 saturated carbocycles. The Labute approximate surface area is 126 Å². The number of halogens is 1. The monoisotopic (exact) mass is 284 g/mol. The summed E-state index contributed by atoms with van der Waals surface area (Å²) < 4.78 is 0. The van der Waals surface area contributed by atoms with Gasteiger partial charge in [0.05, 0.1) is 0 Å². The van der Waals surface area contributed by atoms with Gasteiger partial charge in [-0.1, -0.05) is 69.8 Å². The Morgan fingerprint density at radius 2 is 1.16 bits per heavy atom. The van der Waals surface area contributed by atoms with Gasteiger partial charge in [-0.05, 0) is 38.5 Å². The minimum atomic E-state index is 0.828. The summed E-state index contributed by atoms with van der Waals surface area (Å²) in [7, 11) is 0. The SMILES string of the molecule is CCCCCC=CCC=CCCCCCCCCCl. The number of hydrogen-bond donors (Lipinski definition) is 0. The molecule has 0 aromatic rings. The highest BCUT2D eigenvalue weighted by Gasteiger charge is 1.89. The summed E-state index contributed by atoms with van der Waals surface area (Å²) in [6.07, 6.45) is 24.9. The van der Waals surface area contributed by atoms with Crippen molar-refractivity contribution in [1.82, 2.24) is 0 Å². The number of unbranched alkanes of at least 4 members (excludes halogenated alkanes) is 9. The van der Waals surface area contributed by atoms with Crippen LogP contribution in [0.25, 0.3) is 0 Å². The number of alkyl halides is 1. The van der Waals surface area contributed by atoms with Gasteiger partial charge in [0.2, 0.25) is 0 Å². The minimum Gasteiger partial charge on any atom is -0.127 e. The summed E-state index contributed by atoms with van der Waals surface area (Å²) in [6, 6.07) is 0. The molecule has 0 rings (SSSR count). The second-order valence-corrected chi connectivity index (χ2v) is 5.65. The zero-order valence-corrected chi connectivity index (χ0v) is 13.6. The molecule has 19 heavy (non-hydrogen) atoms. The zero-order chi connectivity index (χ0) is 14.0. The topological polar surface area (TPSA) is 0 Å². The second-order valence-electron chi connectivity index (χ2n) is 5.27. The molecular weight excluding hydrogens is 252 g/mol. The van der Waals surface area contributed by atoms with Gasteiger partial charge in [-0.15, -0.1) is 11.6 Å². The molecule has 0 radical (unpaired) electrons. The Morgan fingerprint density at radius 1 is 0.632 bits per heavy atom. The van der Waals surface area contributed by atoms with Crippen molar-refractivity contribution in [2.45, 2.75) is 84.0 Å². The zero-order valence-electron chi connectivity index (χ0n) is 12.9. The van der Waals surface area contributed by atoms with Gasteiger partial charge in [0.15, 0.2) is 0 Å². The Hall–Kier alpha value is -0.230. The molecule has 0 saturated heterocycles. The maximum Gasteiger partial charge on any atom is 0.0223 e. The highest BCUT2D eigenvalue weighted by atomic mass is 35.5. The minimum absolute atomic E-state index is 0.828. The van der Waals surface area contributed by atoms with Gasteiger partial charge in [-0.25, -0.2) is 0 Å². The van der Waals surface area contributed by atoms with Crippen LogP contribution in [0.4, 0.5) is 0 Å². The molecule has 0 aromatic heterocycles. The lowest BCUT2D eigenvalue weighted by Gasteiger charge is -1.98. The van der Waals surface area contributed by atoms with Crippen molar-refractivity contribution < 1.29 is 0 Å². The summed E-state index contributed by atoms with van der Waals surface area (Å²) in [5.74, 6) is 0.828. The molecule has 0 aromatic carbocycles. The lowest BCUT2D eigenvalue weighted by Crippen LogP contribution is -1.80. The fourth-order valence-electron chi connectivity index (χ4n) is 2.08. The molecule has 0 unspecified atom stereocenters. The van der Waals surface area contributed by atoms with Crippen LogP contribution in [-0.4, -0.2) is 5.88 Å². The maximum atomic E-state index is 5.65. The third-order valence-electron chi connectivity index (χ3n) is 3.33. The van der Waals surface area contributed by atoms with Crippen LogP contribution in [0, 0.1) is 0 Å². The van der Waals surface area contributed by atoms with E-state index < -0.39 is 0 Å². The molecule has 0 bridgehead atoms. The molecule has 1 heteroatoms. The first-order valence-corrected chi connectivity index (χ1v) is 8.81. The summed E-state index contributed by atoms with van der Waals surface area (Å²) in [4.78, 5) is 0. The summed E-state index contributed by atoms with van der Waals surface area (Å²) in [5.41, 5.74) is 0. The predicted octanol–water partition coefficient (Wildman–Crippen LogP) is 7.04. The van der Waals surface area contributed by atoms with E-state index in [1.807, 2.05) is 0 Å². The number of rotatable bonds is 14. The molecule has 0 fully saturated rings. The van der Waals surface area contributed by atoms with Crippen LogP contribution in [0.2, 0.25) is 0 Å². The Morgan fingerprint density at radius 3 is 1.74 bits per heavy atom. The van der Waals surface area contributed by atoms with Crippen molar-refractivity contribution in [3.63, 3.8) is 0 Å². The lowest BCUT2D eigenvalue weighted by molar-refractivity contribution is 0.612. The van der Waals surface area contributed by atoms with E-state index in [2.05, 4.69) is 31.2 Å². The van der Waals surface area contributed by atoms with E-state index in [-0.39, 0.29) is 0 Å². The van der Waals surface area contributed by atoms with Gasteiger partial charge in [-0.2, -0.15) is 0 Å². The number of allylic oxidation sites excluding steroid dienone is 4. The highest BCUT2D eigenvalue weighted by molar-refractivity contribution is 6.17. The van der Waals surface area contributed by atoms with Crippen LogP contribution in [0.1, 0.15) is 84.0 Å². The smallest absolute Gasteiger partial charge is 0.0223 e. The molecule has 112 valence electrons. The maximum absolute atomic E-state index is 5.65. The summed E-state index contributed by atoms with van der Waals surface area (Å²) in [5, 5.41) is 0. The van der Waals surface area contributed by atoms with E-state index in [4.69, 9.17) is 11.6 Å². The van der Waals surface area contributed by atoms with E-state index in [0.29, 0.717) is 0 Å². The number of hydrogen-bond acceptors (Lipinski definition) is 0. The molecule has 0 N–H and O–H groups in total. The highest BCUT2D eigenvalue weighted by Crippen LogP contribution is 2.08. The first-order chi connectivity index (χ1) is 9.41. The molecule has 0 nitrogen and oxygen atoms in total. The third kappa shape index (κ3) is 17.8. The van der Waals surface area contributed by atoms with Crippen LogP contribution in [-0.2, 0) is 0 Å². The average molecular weight is 285 g/mol. The fraction of sp³-hybridized carbons (Fsp3) is 0.778. The Kier molecular flexibility index (Phi) is 17.6. The quantitative estimate of drug-likeness (QED) is 0.182. The normalized spacial score (nSPS) is 11.9. The van der Waals surface area contributed by atoms with Gasteiger partial charge in [0, 0.05) is 5.88 Å². The van der Waals surface area contributed by atoms with Gasteiger partial charge < -0.3 is 0 Å². The van der Waals surface area contributed by atoms with Gasteiger partial charge >= 0.3 is 0 Å². The second kappa shape index (κ2) is 17.8. The van der Waals surface area contributed by atoms with Crippen LogP contribution in [0.3, 0.4) is 0 Å². The Balaban J connectivity index is 3.12. The largest absolute Gasteiger partial charge is 0.127 e. The molecule has 0 aliphatic rings. The van der Waals surface area contributed by atoms with Crippen molar-refractivity contribution in [1.29, 1.82) is 0 Å². The standard InChI is InChI=1S/C18H33Cl/c1-2-3-4-5-6-7-8-9-10-11-12-13-14-15-16-17-18-19/h6-7,9-10H,2-5,8,11-18H2,1H3. The van der Waals surface area contributed by atoms with Gasteiger partial charge in [0.25, 0.3) is 0 Å². The van der Waals surface area contributed by atoms with Crippen molar-refractivity contribution in [2.75, 3.05) is 5.88 Å². The van der Waals surface area contributed by atoms with Crippen LogP contribution in [0.5, 0.6) is 0 Å². The van der Waals surface area contributed by atoms with Crippen molar-refractivity contribution in [3.05, 3.63) is 24.3 Å².